The Labute approximate surface area is 135 Å². The Morgan fingerprint density at radius 2 is 1.57 bits per heavy atom. The third-order valence-corrected chi connectivity index (χ3v) is 2.85. The molecule has 0 saturated carbocycles. The third kappa shape index (κ3) is 5.11. The van der Waals surface area contributed by atoms with E-state index in [1.54, 1.807) is 24.3 Å². The smallest absolute Gasteiger partial charge is 0.145 e. The zero-order valence-electron chi connectivity index (χ0n) is 12.4. The van der Waals surface area contributed by atoms with Gasteiger partial charge >= 0.3 is 0 Å². The van der Waals surface area contributed by atoms with Crippen LogP contribution in [0.3, 0.4) is 0 Å². The highest BCUT2D eigenvalue weighted by Crippen LogP contribution is 2.23. The molecule has 0 amide bonds. The lowest BCUT2D eigenvalue weighted by Gasteiger charge is -2.12. The van der Waals surface area contributed by atoms with Crippen LogP contribution in [-0.2, 0) is 0 Å². The molecule has 2 aromatic carbocycles. The van der Waals surface area contributed by atoms with E-state index in [-0.39, 0.29) is 5.57 Å². The molecular weight excluding hydrogens is 290 g/mol. The van der Waals surface area contributed by atoms with Gasteiger partial charge in [-0.15, -0.1) is 0 Å². The number of hydrogen-bond acceptors (Lipinski definition) is 5. The molecule has 0 aromatic heterocycles. The number of benzene rings is 2. The summed E-state index contributed by atoms with van der Waals surface area (Å²) in [7, 11) is 0. The molecule has 0 spiro atoms. The van der Waals surface area contributed by atoms with Crippen molar-refractivity contribution in [3.63, 3.8) is 0 Å². The van der Waals surface area contributed by atoms with Crippen LogP contribution in [-0.4, -0.2) is 13.2 Å². The van der Waals surface area contributed by atoms with E-state index in [1.165, 1.54) is 6.20 Å². The van der Waals surface area contributed by atoms with Crippen molar-refractivity contribution < 1.29 is 9.47 Å². The van der Waals surface area contributed by atoms with Gasteiger partial charge in [-0.05, 0) is 24.3 Å². The van der Waals surface area contributed by atoms with Crippen molar-refractivity contribution in [2.24, 2.45) is 0 Å². The average Bonchev–Trinajstić information content (AvgIpc) is 2.61. The van der Waals surface area contributed by atoms with E-state index in [1.807, 2.05) is 42.5 Å². The van der Waals surface area contributed by atoms with Gasteiger partial charge in [-0.3, -0.25) is 0 Å². The first kappa shape index (κ1) is 15.9. The van der Waals surface area contributed by atoms with Gasteiger partial charge < -0.3 is 14.8 Å². The van der Waals surface area contributed by atoms with Gasteiger partial charge in [0.15, 0.2) is 0 Å². The molecule has 2 aromatic rings. The number of anilines is 1. The van der Waals surface area contributed by atoms with Crippen LogP contribution >= 0.6 is 0 Å². The quantitative estimate of drug-likeness (QED) is 0.626. The van der Waals surface area contributed by atoms with E-state index in [9.17, 15) is 0 Å². The van der Waals surface area contributed by atoms with Crippen molar-refractivity contribution in [3.8, 4) is 23.6 Å². The Balaban J connectivity index is 1.89. The van der Waals surface area contributed by atoms with Gasteiger partial charge in [-0.2, -0.15) is 10.5 Å². The van der Waals surface area contributed by atoms with Crippen molar-refractivity contribution in [1.29, 1.82) is 10.5 Å². The maximum atomic E-state index is 8.73. The van der Waals surface area contributed by atoms with E-state index in [4.69, 9.17) is 20.0 Å². The molecule has 0 aliphatic carbocycles. The molecule has 5 heteroatoms. The van der Waals surface area contributed by atoms with Gasteiger partial charge in [0.25, 0.3) is 0 Å². The highest BCUT2D eigenvalue weighted by molar-refractivity contribution is 5.59. The van der Waals surface area contributed by atoms with Gasteiger partial charge in [0.2, 0.25) is 0 Å². The zero-order chi connectivity index (χ0) is 16.3. The second-order valence-corrected chi connectivity index (χ2v) is 4.43. The second-order valence-electron chi connectivity index (χ2n) is 4.43. The molecule has 2 rings (SSSR count). The van der Waals surface area contributed by atoms with Crippen molar-refractivity contribution in [1.82, 2.24) is 0 Å². The Morgan fingerprint density at radius 3 is 2.30 bits per heavy atom. The first-order chi connectivity index (χ1) is 11.3. The monoisotopic (exact) mass is 305 g/mol. The van der Waals surface area contributed by atoms with E-state index in [0.717, 1.165) is 5.75 Å². The first-order valence-corrected chi connectivity index (χ1v) is 7.00. The number of nitriles is 2. The van der Waals surface area contributed by atoms with Gasteiger partial charge in [-0.1, -0.05) is 30.3 Å². The number of nitrogens with zero attached hydrogens (tertiary/aromatic N) is 2. The minimum atomic E-state index is -0.00721. The fourth-order valence-electron chi connectivity index (χ4n) is 1.78. The lowest BCUT2D eigenvalue weighted by atomic mass is 10.3. The molecule has 0 radical (unpaired) electrons. The van der Waals surface area contributed by atoms with Gasteiger partial charge in [-0.25, -0.2) is 0 Å². The Morgan fingerprint density at radius 1 is 0.913 bits per heavy atom. The summed E-state index contributed by atoms with van der Waals surface area (Å²) in [6.45, 7) is 0.788. The normalized spacial score (nSPS) is 9.13. The summed E-state index contributed by atoms with van der Waals surface area (Å²) >= 11 is 0. The van der Waals surface area contributed by atoms with E-state index < -0.39 is 0 Å². The molecule has 0 atom stereocenters. The summed E-state index contributed by atoms with van der Waals surface area (Å²) in [5, 5.41) is 20.4. The highest BCUT2D eigenvalue weighted by Gasteiger charge is 2.02. The lowest BCUT2D eigenvalue weighted by molar-refractivity contribution is 0.218. The average molecular weight is 305 g/mol. The van der Waals surface area contributed by atoms with Crippen LogP contribution in [0.1, 0.15) is 0 Å². The molecular formula is C18H15N3O2. The van der Waals surface area contributed by atoms with E-state index in [0.29, 0.717) is 24.7 Å². The second kappa shape index (κ2) is 8.76. The van der Waals surface area contributed by atoms with Crippen molar-refractivity contribution in [2.45, 2.75) is 0 Å². The largest absolute Gasteiger partial charge is 0.490 e. The molecule has 114 valence electrons. The molecule has 0 saturated heterocycles. The molecule has 0 heterocycles. The number of allylic oxidation sites excluding steroid dienone is 1. The van der Waals surface area contributed by atoms with E-state index in [2.05, 4.69) is 5.32 Å². The molecule has 1 N–H and O–H groups in total. The zero-order valence-corrected chi connectivity index (χ0v) is 12.4. The molecule has 0 unspecified atom stereocenters. The number of hydrogen-bond donors (Lipinski definition) is 1. The lowest BCUT2D eigenvalue weighted by Crippen LogP contribution is -2.09. The van der Waals surface area contributed by atoms with Crippen molar-refractivity contribution in [2.75, 3.05) is 18.5 Å². The summed E-state index contributed by atoms with van der Waals surface area (Å²) in [6, 6.07) is 20.4. The predicted molar refractivity (Wildman–Crippen MR) is 86.8 cm³/mol. The van der Waals surface area contributed by atoms with Crippen LogP contribution in [0.5, 0.6) is 11.5 Å². The number of rotatable bonds is 7. The Bertz CT molecular complexity index is 727. The summed E-state index contributed by atoms with van der Waals surface area (Å²) < 4.78 is 11.2. The highest BCUT2D eigenvalue weighted by atomic mass is 16.5. The number of para-hydroxylation sites is 3. The molecule has 0 aliphatic heterocycles. The molecule has 5 nitrogen and oxygen atoms in total. The SMILES string of the molecule is N#CC(C#N)=CNc1ccccc1OCCOc1ccccc1. The van der Waals surface area contributed by atoms with Gasteiger partial charge in [0, 0.05) is 6.20 Å². The predicted octanol–water partition coefficient (Wildman–Crippen LogP) is 3.49. The maximum absolute atomic E-state index is 8.73. The minimum absolute atomic E-state index is 0.00721. The van der Waals surface area contributed by atoms with Crippen LogP contribution < -0.4 is 14.8 Å². The van der Waals surface area contributed by atoms with Crippen LogP contribution in [0.15, 0.2) is 66.4 Å². The van der Waals surface area contributed by atoms with Gasteiger partial charge in [0.05, 0.1) is 5.69 Å². The standard InChI is InChI=1S/C18H15N3O2/c19-12-15(13-20)14-21-17-8-4-5-9-18(17)23-11-10-22-16-6-2-1-3-7-16/h1-9,14,21H,10-11H2. The number of nitrogens with one attached hydrogen (secondary N) is 1. The Kier molecular flexibility index (Phi) is 6.07. The molecule has 0 fully saturated rings. The van der Waals surface area contributed by atoms with Crippen LogP contribution in [0.25, 0.3) is 0 Å². The van der Waals surface area contributed by atoms with Gasteiger partial charge in [0.1, 0.15) is 42.4 Å². The molecule has 23 heavy (non-hydrogen) atoms. The van der Waals surface area contributed by atoms with Crippen molar-refractivity contribution in [3.05, 3.63) is 66.4 Å². The minimum Gasteiger partial charge on any atom is -0.490 e. The fourth-order valence-corrected chi connectivity index (χ4v) is 1.78. The first-order valence-electron chi connectivity index (χ1n) is 7.00. The molecule has 0 bridgehead atoms. The van der Waals surface area contributed by atoms with Crippen molar-refractivity contribution >= 4 is 5.69 Å². The fraction of sp³-hybridized carbons (Fsp3) is 0.111. The maximum Gasteiger partial charge on any atom is 0.145 e. The number of ether oxygens (including phenoxy) is 2. The molecule has 0 aliphatic rings. The van der Waals surface area contributed by atoms with Crippen LogP contribution in [0.2, 0.25) is 0 Å². The topological polar surface area (TPSA) is 78.1 Å². The Hall–Kier alpha value is -3.44. The summed E-state index contributed by atoms with van der Waals surface area (Å²) in [4.78, 5) is 0. The van der Waals surface area contributed by atoms with Crippen LogP contribution in [0, 0.1) is 22.7 Å². The summed E-state index contributed by atoms with van der Waals surface area (Å²) in [5.41, 5.74) is 0.669. The summed E-state index contributed by atoms with van der Waals surface area (Å²) in [5.74, 6) is 1.41. The third-order valence-electron chi connectivity index (χ3n) is 2.85. The van der Waals surface area contributed by atoms with E-state index >= 15 is 0 Å². The van der Waals surface area contributed by atoms with Crippen LogP contribution in [0.4, 0.5) is 5.69 Å². The summed E-state index contributed by atoms with van der Waals surface area (Å²) in [6.07, 6.45) is 1.35.